The van der Waals surface area contributed by atoms with Gasteiger partial charge in [-0.05, 0) is 68.5 Å². The highest BCUT2D eigenvalue weighted by atomic mass is 32.2. The van der Waals surface area contributed by atoms with Crippen molar-refractivity contribution in [3.8, 4) is 0 Å². The minimum Gasteiger partial charge on any atom is -0.352 e. The third kappa shape index (κ3) is 8.95. The van der Waals surface area contributed by atoms with Gasteiger partial charge < -0.3 is 10.2 Å². The number of carbonyl (C=O) groups excluding carboxylic acids is 2. The molecule has 0 unspecified atom stereocenters. The first-order valence-corrected chi connectivity index (χ1v) is 15.5. The molecule has 0 spiro atoms. The lowest BCUT2D eigenvalue weighted by molar-refractivity contribution is -0.141. The predicted molar refractivity (Wildman–Crippen MR) is 162 cm³/mol. The summed E-state index contributed by atoms with van der Waals surface area (Å²) in [6, 6.07) is 24.0. The second-order valence-corrected chi connectivity index (χ2v) is 12.5. The Morgan fingerprint density at radius 1 is 0.850 bits per heavy atom. The van der Waals surface area contributed by atoms with Crippen molar-refractivity contribution in [3.05, 3.63) is 101 Å². The minimum absolute atomic E-state index is 0.0827. The summed E-state index contributed by atoms with van der Waals surface area (Å²) in [5.74, 6) is -0.409. The number of sulfonamides is 1. The lowest BCUT2D eigenvalue weighted by Crippen LogP contribution is -2.51. The lowest BCUT2D eigenvalue weighted by Gasteiger charge is -2.32. The molecular weight excluding hydrogens is 522 g/mol. The first-order valence-electron chi connectivity index (χ1n) is 13.7. The van der Waals surface area contributed by atoms with Crippen molar-refractivity contribution in [3.63, 3.8) is 0 Å². The molecule has 3 rings (SSSR count). The Bertz CT molecular complexity index is 1380. The molecule has 0 aliphatic carbocycles. The van der Waals surface area contributed by atoms with Crippen LogP contribution in [0.5, 0.6) is 0 Å². The molecule has 3 aromatic carbocycles. The van der Waals surface area contributed by atoms with Gasteiger partial charge in [0.2, 0.25) is 21.8 Å². The fraction of sp³-hybridized carbons (Fsp3) is 0.375. The average Bonchev–Trinajstić information content (AvgIpc) is 2.90. The van der Waals surface area contributed by atoms with Crippen LogP contribution in [0.25, 0.3) is 0 Å². The highest BCUT2D eigenvalue weighted by molar-refractivity contribution is 7.92. The quantitative estimate of drug-likeness (QED) is 0.317. The molecule has 0 fully saturated rings. The van der Waals surface area contributed by atoms with E-state index in [0.29, 0.717) is 18.5 Å². The van der Waals surface area contributed by atoms with Gasteiger partial charge in [0.05, 0.1) is 11.9 Å². The minimum atomic E-state index is -3.55. The van der Waals surface area contributed by atoms with Crippen LogP contribution in [0, 0.1) is 13.8 Å². The van der Waals surface area contributed by atoms with Gasteiger partial charge in [-0.2, -0.15) is 0 Å². The first-order chi connectivity index (χ1) is 19.0. The van der Waals surface area contributed by atoms with E-state index >= 15 is 0 Å². The zero-order valence-corrected chi connectivity index (χ0v) is 24.9. The van der Waals surface area contributed by atoms with E-state index in [2.05, 4.69) is 5.32 Å². The van der Waals surface area contributed by atoms with Crippen LogP contribution in [-0.4, -0.2) is 50.0 Å². The van der Waals surface area contributed by atoms with E-state index in [1.165, 1.54) is 10.6 Å². The summed E-state index contributed by atoms with van der Waals surface area (Å²) in [5, 5.41) is 2.99. The number of nitrogens with zero attached hydrogens (tertiary/aromatic N) is 2. The van der Waals surface area contributed by atoms with E-state index in [0.717, 1.165) is 22.3 Å². The molecule has 0 aromatic heterocycles. The van der Waals surface area contributed by atoms with Crippen LogP contribution >= 0.6 is 0 Å². The van der Waals surface area contributed by atoms with Crippen molar-refractivity contribution in [2.45, 2.75) is 65.6 Å². The molecule has 2 amide bonds. The summed E-state index contributed by atoms with van der Waals surface area (Å²) in [5.41, 5.74) is 4.52. The Morgan fingerprint density at radius 3 is 2.00 bits per heavy atom. The Balaban J connectivity index is 1.86. The summed E-state index contributed by atoms with van der Waals surface area (Å²) >= 11 is 0. The largest absolute Gasteiger partial charge is 0.352 e. The number of amides is 2. The number of nitrogens with one attached hydrogen (secondary N) is 1. The highest BCUT2D eigenvalue weighted by Crippen LogP contribution is 2.23. The van der Waals surface area contributed by atoms with Gasteiger partial charge in [-0.3, -0.25) is 13.9 Å². The number of aryl methyl sites for hydroxylation is 2. The summed E-state index contributed by atoms with van der Waals surface area (Å²) in [7, 11) is -3.55. The number of benzene rings is 3. The SMILES string of the molecule is Cc1ccc(N(CCCC(=O)N(Cc2ccccc2)[C@H](Cc2ccccc2)C(=O)NC(C)C)S(C)(=O)=O)cc1C. The number of hydrogen-bond donors (Lipinski definition) is 1. The van der Waals surface area contributed by atoms with Gasteiger partial charge in [-0.25, -0.2) is 8.42 Å². The van der Waals surface area contributed by atoms with E-state index in [1.54, 1.807) is 11.0 Å². The fourth-order valence-electron chi connectivity index (χ4n) is 4.60. The molecule has 1 atom stereocenters. The molecule has 0 aliphatic heterocycles. The predicted octanol–water partition coefficient (Wildman–Crippen LogP) is 5.01. The highest BCUT2D eigenvalue weighted by Gasteiger charge is 2.31. The fourth-order valence-corrected chi connectivity index (χ4v) is 5.56. The molecule has 0 radical (unpaired) electrons. The maximum atomic E-state index is 13.8. The second-order valence-electron chi connectivity index (χ2n) is 10.6. The monoisotopic (exact) mass is 563 g/mol. The van der Waals surface area contributed by atoms with Crippen molar-refractivity contribution >= 4 is 27.5 Å². The van der Waals surface area contributed by atoms with E-state index in [1.807, 2.05) is 100 Å². The van der Waals surface area contributed by atoms with Crippen LogP contribution < -0.4 is 9.62 Å². The number of carbonyl (C=O) groups is 2. The molecular formula is C32H41N3O4S. The van der Waals surface area contributed by atoms with Gasteiger partial charge in [0.15, 0.2) is 0 Å². The zero-order valence-electron chi connectivity index (χ0n) is 24.1. The van der Waals surface area contributed by atoms with Gasteiger partial charge in [0.1, 0.15) is 6.04 Å². The first kappa shape index (κ1) is 30.9. The Morgan fingerprint density at radius 2 is 1.45 bits per heavy atom. The van der Waals surface area contributed by atoms with Crippen LogP contribution in [0.4, 0.5) is 5.69 Å². The Labute approximate surface area is 239 Å². The number of hydrogen-bond acceptors (Lipinski definition) is 4. The zero-order chi connectivity index (χ0) is 29.3. The number of rotatable bonds is 13. The van der Waals surface area contributed by atoms with Crippen molar-refractivity contribution in [2.75, 3.05) is 17.1 Å². The summed E-state index contributed by atoms with van der Waals surface area (Å²) < 4.78 is 26.7. The molecule has 3 aromatic rings. The Kier molecular flexibility index (Phi) is 10.9. The van der Waals surface area contributed by atoms with Gasteiger partial charge >= 0.3 is 0 Å². The van der Waals surface area contributed by atoms with Gasteiger partial charge in [0, 0.05) is 32.0 Å². The molecule has 1 N–H and O–H groups in total. The van der Waals surface area contributed by atoms with E-state index in [-0.39, 0.29) is 37.4 Å². The summed E-state index contributed by atoms with van der Waals surface area (Å²) in [6.45, 7) is 8.15. The lowest BCUT2D eigenvalue weighted by atomic mass is 10.0. The second kappa shape index (κ2) is 14.1. The maximum absolute atomic E-state index is 13.8. The van der Waals surface area contributed by atoms with Crippen LogP contribution in [0.3, 0.4) is 0 Å². The van der Waals surface area contributed by atoms with Crippen LogP contribution in [0.15, 0.2) is 78.9 Å². The van der Waals surface area contributed by atoms with Gasteiger partial charge in [-0.15, -0.1) is 0 Å². The maximum Gasteiger partial charge on any atom is 0.243 e. The van der Waals surface area contributed by atoms with Gasteiger partial charge in [0.25, 0.3) is 0 Å². The van der Waals surface area contributed by atoms with Crippen LogP contribution in [0.1, 0.15) is 48.9 Å². The molecule has 0 aliphatic rings. The topological polar surface area (TPSA) is 86.8 Å². The Hall–Kier alpha value is -3.65. The molecule has 0 saturated heterocycles. The smallest absolute Gasteiger partial charge is 0.243 e. The van der Waals surface area contributed by atoms with Crippen molar-refractivity contribution in [1.82, 2.24) is 10.2 Å². The summed E-state index contributed by atoms with van der Waals surface area (Å²) in [6.07, 6.45) is 1.96. The van der Waals surface area contributed by atoms with Gasteiger partial charge in [-0.1, -0.05) is 66.7 Å². The van der Waals surface area contributed by atoms with Crippen molar-refractivity contribution in [1.29, 1.82) is 0 Å². The molecule has 40 heavy (non-hydrogen) atoms. The summed E-state index contributed by atoms with van der Waals surface area (Å²) in [4.78, 5) is 28.9. The molecule has 8 heteroatoms. The van der Waals surface area contributed by atoms with E-state index in [4.69, 9.17) is 0 Å². The normalized spacial score (nSPS) is 12.2. The molecule has 0 saturated carbocycles. The third-order valence-corrected chi connectivity index (χ3v) is 8.02. The molecule has 0 heterocycles. The number of anilines is 1. The standard InChI is InChI=1S/C32H41N3O4S/c1-24(2)33-32(37)30(22-27-13-8-6-9-14-27)34(23-28-15-10-7-11-16-28)31(36)17-12-20-35(40(5,38)39)29-19-18-25(3)26(4)21-29/h6-11,13-16,18-19,21,24,30H,12,17,20,22-23H2,1-5H3,(H,33,37)/t30-/m1/s1. The van der Waals surface area contributed by atoms with Crippen LogP contribution in [-0.2, 0) is 32.6 Å². The van der Waals surface area contributed by atoms with E-state index < -0.39 is 16.1 Å². The molecule has 7 nitrogen and oxygen atoms in total. The van der Waals surface area contributed by atoms with Crippen LogP contribution in [0.2, 0.25) is 0 Å². The third-order valence-electron chi connectivity index (χ3n) is 6.83. The van der Waals surface area contributed by atoms with E-state index in [9.17, 15) is 18.0 Å². The molecule has 214 valence electrons. The van der Waals surface area contributed by atoms with Crippen molar-refractivity contribution in [2.24, 2.45) is 0 Å². The molecule has 0 bridgehead atoms. The average molecular weight is 564 g/mol. The van der Waals surface area contributed by atoms with Crippen molar-refractivity contribution < 1.29 is 18.0 Å².